The predicted molar refractivity (Wildman–Crippen MR) is 78.0 cm³/mol. The van der Waals surface area contributed by atoms with Gasteiger partial charge in [-0.15, -0.1) is 11.3 Å². The molecule has 1 atom stereocenters. The van der Waals surface area contributed by atoms with Crippen molar-refractivity contribution in [2.75, 3.05) is 0 Å². The number of hydrazine groups is 1. The van der Waals surface area contributed by atoms with Crippen LogP contribution < -0.4 is 11.3 Å². The summed E-state index contributed by atoms with van der Waals surface area (Å²) in [6, 6.07) is 8.51. The lowest BCUT2D eigenvalue weighted by molar-refractivity contribution is 0.547. The third-order valence-electron chi connectivity index (χ3n) is 3.24. The van der Waals surface area contributed by atoms with E-state index in [2.05, 4.69) is 47.8 Å². The van der Waals surface area contributed by atoms with Crippen molar-refractivity contribution >= 4 is 16.3 Å². The van der Waals surface area contributed by atoms with Gasteiger partial charge in [0.2, 0.25) is 0 Å². The number of hydrogen-bond donors (Lipinski definition) is 2. The van der Waals surface area contributed by atoms with Gasteiger partial charge in [0.25, 0.3) is 0 Å². The monoisotopic (exact) mass is 272 g/mol. The van der Waals surface area contributed by atoms with E-state index in [1.807, 2.05) is 16.0 Å². The largest absolute Gasteiger partial charge is 0.297 e. The van der Waals surface area contributed by atoms with Gasteiger partial charge < -0.3 is 0 Å². The van der Waals surface area contributed by atoms with E-state index in [0.29, 0.717) is 0 Å². The highest BCUT2D eigenvalue weighted by Gasteiger charge is 2.13. The Morgan fingerprint density at radius 3 is 2.84 bits per heavy atom. The molecule has 0 aliphatic rings. The van der Waals surface area contributed by atoms with Crippen LogP contribution in [0.25, 0.3) is 4.96 Å². The van der Waals surface area contributed by atoms with Crippen molar-refractivity contribution < 1.29 is 0 Å². The van der Waals surface area contributed by atoms with Gasteiger partial charge in [-0.2, -0.15) is 0 Å². The zero-order valence-corrected chi connectivity index (χ0v) is 11.5. The summed E-state index contributed by atoms with van der Waals surface area (Å²) in [5.74, 6) is 5.68. The van der Waals surface area contributed by atoms with Gasteiger partial charge >= 0.3 is 0 Å². The quantitative estimate of drug-likeness (QED) is 0.566. The Balaban J connectivity index is 1.83. The summed E-state index contributed by atoms with van der Waals surface area (Å²) in [5.41, 5.74) is 6.36. The Morgan fingerprint density at radius 1 is 1.37 bits per heavy atom. The fourth-order valence-electron chi connectivity index (χ4n) is 2.16. The lowest BCUT2D eigenvalue weighted by atomic mass is 10.0. The highest BCUT2D eigenvalue weighted by Crippen LogP contribution is 2.19. The molecule has 0 radical (unpaired) electrons. The number of aromatic nitrogens is 2. The molecule has 0 bridgehead atoms. The molecule has 5 heteroatoms. The topological polar surface area (TPSA) is 55.3 Å². The average molecular weight is 272 g/mol. The molecule has 2 aromatic heterocycles. The minimum atomic E-state index is 0.0882. The lowest BCUT2D eigenvalue weighted by Gasteiger charge is -2.15. The molecule has 4 nitrogen and oxygen atoms in total. The zero-order valence-electron chi connectivity index (χ0n) is 10.7. The molecule has 1 unspecified atom stereocenters. The molecule has 0 fully saturated rings. The van der Waals surface area contributed by atoms with Gasteiger partial charge in [-0.25, -0.2) is 4.98 Å². The molecule has 19 heavy (non-hydrogen) atoms. The van der Waals surface area contributed by atoms with Crippen LogP contribution in [0, 0.1) is 6.92 Å². The second-order valence-corrected chi connectivity index (χ2v) is 5.53. The molecular formula is C14H16N4S. The first-order chi connectivity index (χ1) is 9.26. The summed E-state index contributed by atoms with van der Waals surface area (Å²) in [6.07, 6.45) is 4.87. The van der Waals surface area contributed by atoms with Crippen LogP contribution in [0.4, 0.5) is 0 Å². The van der Waals surface area contributed by atoms with Crippen LogP contribution in [-0.4, -0.2) is 9.38 Å². The van der Waals surface area contributed by atoms with Crippen molar-refractivity contribution in [2.24, 2.45) is 5.84 Å². The number of aryl methyl sites for hydroxylation is 1. The van der Waals surface area contributed by atoms with Crippen LogP contribution in [0.2, 0.25) is 0 Å². The Bertz CT molecular complexity index is 640. The third kappa shape index (κ3) is 2.53. The van der Waals surface area contributed by atoms with Crippen molar-refractivity contribution in [2.45, 2.75) is 19.4 Å². The molecule has 0 amide bonds. The summed E-state index contributed by atoms with van der Waals surface area (Å²) >= 11 is 1.64. The SMILES string of the molecule is Cc1ccc(C(Cc2cn3ccsc3n2)NN)cc1. The van der Waals surface area contributed by atoms with Crippen LogP contribution in [0.15, 0.2) is 42.0 Å². The third-order valence-corrected chi connectivity index (χ3v) is 4.01. The maximum Gasteiger partial charge on any atom is 0.193 e. The highest BCUT2D eigenvalue weighted by atomic mass is 32.1. The maximum absolute atomic E-state index is 5.68. The summed E-state index contributed by atoms with van der Waals surface area (Å²) < 4.78 is 2.04. The molecule has 0 aliphatic carbocycles. The lowest BCUT2D eigenvalue weighted by Crippen LogP contribution is -2.29. The first-order valence-electron chi connectivity index (χ1n) is 6.20. The maximum atomic E-state index is 5.68. The summed E-state index contributed by atoms with van der Waals surface area (Å²) in [4.78, 5) is 5.61. The van der Waals surface area contributed by atoms with Gasteiger partial charge in [0, 0.05) is 24.2 Å². The first kappa shape index (κ1) is 12.3. The Kier molecular flexibility index (Phi) is 3.33. The number of nitrogens with one attached hydrogen (secondary N) is 1. The summed E-state index contributed by atoms with van der Waals surface area (Å²) in [7, 11) is 0. The molecule has 98 valence electrons. The fraction of sp³-hybridized carbons (Fsp3) is 0.214. The molecule has 0 saturated heterocycles. The Hall–Kier alpha value is -1.69. The van der Waals surface area contributed by atoms with E-state index < -0.39 is 0 Å². The fourth-order valence-corrected chi connectivity index (χ4v) is 2.87. The first-order valence-corrected chi connectivity index (χ1v) is 7.08. The van der Waals surface area contributed by atoms with Gasteiger partial charge in [-0.05, 0) is 12.5 Å². The van der Waals surface area contributed by atoms with Crippen LogP contribution in [0.3, 0.4) is 0 Å². The number of nitrogens with zero attached hydrogens (tertiary/aromatic N) is 2. The standard InChI is InChI=1S/C14H16N4S/c1-10-2-4-11(5-3-10)13(17-15)8-12-9-18-6-7-19-14(18)16-12/h2-7,9,13,17H,8,15H2,1H3. The predicted octanol–water partition coefficient (Wildman–Crippen LogP) is 2.45. The van der Waals surface area contributed by atoms with Crippen LogP contribution in [0.5, 0.6) is 0 Å². The number of imidazole rings is 1. The van der Waals surface area contributed by atoms with E-state index >= 15 is 0 Å². The van der Waals surface area contributed by atoms with Gasteiger partial charge in [-0.3, -0.25) is 15.7 Å². The Labute approximate surface area is 115 Å². The number of fused-ring (bicyclic) bond motifs is 1. The molecule has 3 rings (SSSR count). The number of rotatable bonds is 4. The molecule has 2 heterocycles. The van der Waals surface area contributed by atoms with Crippen LogP contribution in [0.1, 0.15) is 22.9 Å². The van der Waals surface area contributed by atoms with E-state index in [9.17, 15) is 0 Å². The molecule has 0 saturated carbocycles. The molecule has 0 aliphatic heterocycles. The van der Waals surface area contributed by atoms with Crippen LogP contribution in [-0.2, 0) is 6.42 Å². The van der Waals surface area contributed by atoms with E-state index in [0.717, 1.165) is 17.1 Å². The minimum Gasteiger partial charge on any atom is -0.297 e. The van der Waals surface area contributed by atoms with Gasteiger partial charge in [0.1, 0.15) is 0 Å². The number of benzene rings is 1. The zero-order chi connectivity index (χ0) is 13.2. The minimum absolute atomic E-state index is 0.0882. The molecule has 0 spiro atoms. The smallest absolute Gasteiger partial charge is 0.193 e. The summed E-state index contributed by atoms with van der Waals surface area (Å²) in [6.45, 7) is 2.08. The van der Waals surface area contributed by atoms with Gasteiger partial charge in [-0.1, -0.05) is 29.8 Å². The second-order valence-electron chi connectivity index (χ2n) is 4.66. The van der Waals surface area contributed by atoms with Crippen molar-refractivity contribution in [1.29, 1.82) is 0 Å². The van der Waals surface area contributed by atoms with Crippen molar-refractivity contribution in [3.63, 3.8) is 0 Å². The van der Waals surface area contributed by atoms with Crippen molar-refractivity contribution in [1.82, 2.24) is 14.8 Å². The molecule has 3 N–H and O–H groups in total. The van der Waals surface area contributed by atoms with E-state index in [4.69, 9.17) is 5.84 Å². The molecular weight excluding hydrogens is 256 g/mol. The number of nitrogens with two attached hydrogens (primary N) is 1. The van der Waals surface area contributed by atoms with E-state index in [1.165, 1.54) is 11.1 Å². The Morgan fingerprint density at radius 2 is 2.16 bits per heavy atom. The normalized spacial score (nSPS) is 12.9. The van der Waals surface area contributed by atoms with E-state index in [-0.39, 0.29) is 6.04 Å². The summed E-state index contributed by atoms with van der Waals surface area (Å²) in [5, 5.41) is 2.03. The molecule has 1 aromatic carbocycles. The van der Waals surface area contributed by atoms with Crippen LogP contribution >= 0.6 is 11.3 Å². The van der Waals surface area contributed by atoms with E-state index in [1.54, 1.807) is 11.3 Å². The van der Waals surface area contributed by atoms with Crippen molar-refractivity contribution in [3.8, 4) is 0 Å². The van der Waals surface area contributed by atoms with Gasteiger partial charge in [0.15, 0.2) is 4.96 Å². The second kappa shape index (κ2) is 5.13. The molecule has 3 aromatic rings. The average Bonchev–Trinajstić information content (AvgIpc) is 2.98. The number of hydrogen-bond acceptors (Lipinski definition) is 4. The van der Waals surface area contributed by atoms with Gasteiger partial charge in [0.05, 0.1) is 11.7 Å². The highest BCUT2D eigenvalue weighted by molar-refractivity contribution is 7.15. The number of thiazole rings is 1. The van der Waals surface area contributed by atoms with Crippen molar-refractivity contribution in [3.05, 3.63) is 58.9 Å².